The van der Waals surface area contributed by atoms with E-state index >= 15 is 0 Å². The zero-order valence-corrected chi connectivity index (χ0v) is 10.6. The predicted molar refractivity (Wildman–Crippen MR) is 70.6 cm³/mol. The Balaban J connectivity index is 2.36. The van der Waals surface area contributed by atoms with Crippen LogP contribution < -0.4 is 5.32 Å². The van der Waals surface area contributed by atoms with E-state index in [2.05, 4.69) is 10.3 Å². The molecule has 0 spiro atoms. The first-order chi connectivity index (χ1) is 9.50. The van der Waals surface area contributed by atoms with E-state index in [0.717, 1.165) is 0 Å². The lowest BCUT2D eigenvalue weighted by atomic mass is 10.1. The lowest BCUT2D eigenvalue weighted by Crippen LogP contribution is -2.11. The number of nitrogens with one attached hydrogen (secondary N) is 1. The molecule has 1 aromatic carbocycles. The van der Waals surface area contributed by atoms with Crippen molar-refractivity contribution in [2.24, 2.45) is 7.05 Å². The molecule has 0 amide bonds. The van der Waals surface area contributed by atoms with Crippen molar-refractivity contribution in [2.45, 2.75) is 6.54 Å². The highest BCUT2D eigenvalue weighted by molar-refractivity contribution is 5.96. The third-order valence-electron chi connectivity index (χ3n) is 2.81. The molecule has 104 valence electrons. The predicted octanol–water partition coefficient (Wildman–Crippen LogP) is 1.64. The molecule has 0 radical (unpaired) electrons. The second-order valence-corrected chi connectivity index (χ2v) is 4.07. The average molecular weight is 276 g/mol. The number of carboxylic acid groups (broad SMARTS) is 1. The van der Waals surface area contributed by atoms with Crippen molar-refractivity contribution in [3.05, 3.63) is 52.1 Å². The van der Waals surface area contributed by atoms with E-state index in [1.54, 1.807) is 24.0 Å². The van der Waals surface area contributed by atoms with Gasteiger partial charge in [0.2, 0.25) is 0 Å². The lowest BCUT2D eigenvalue weighted by molar-refractivity contribution is -0.384. The second kappa shape index (κ2) is 5.39. The van der Waals surface area contributed by atoms with Gasteiger partial charge >= 0.3 is 5.97 Å². The molecule has 8 heteroatoms. The summed E-state index contributed by atoms with van der Waals surface area (Å²) in [7, 11) is 1.78. The SMILES string of the molecule is Cn1ccnc1CNc1c(C(=O)O)cccc1[N+](=O)[O-]. The van der Waals surface area contributed by atoms with Gasteiger partial charge in [-0.2, -0.15) is 0 Å². The summed E-state index contributed by atoms with van der Waals surface area (Å²) >= 11 is 0. The Morgan fingerprint density at radius 1 is 1.55 bits per heavy atom. The maximum atomic E-state index is 11.1. The number of aromatic nitrogens is 2. The molecule has 0 unspecified atom stereocenters. The summed E-state index contributed by atoms with van der Waals surface area (Å²) in [6, 6.07) is 3.91. The standard InChI is InChI=1S/C12H12N4O4/c1-15-6-5-13-10(15)7-14-11-8(12(17)18)3-2-4-9(11)16(19)20/h2-6,14H,7H2,1H3,(H,17,18). The number of aryl methyl sites for hydroxylation is 1. The fourth-order valence-corrected chi connectivity index (χ4v) is 1.79. The molecule has 0 aliphatic rings. The van der Waals surface area contributed by atoms with E-state index in [1.165, 1.54) is 18.2 Å². The summed E-state index contributed by atoms with van der Waals surface area (Å²) in [5.74, 6) is -0.587. The molecule has 0 bridgehead atoms. The van der Waals surface area contributed by atoms with Crippen LogP contribution in [0.5, 0.6) is 0 Å². The monoisotopic (exact) mass is 276 g/mol. The lowest BCUT2D eigenvalue weighted by Gasteiger charge is -2.09. The van der Waals surface area contributed by atoms with Crippen molar-refractivity contribution in [2.75, 3.05) is 5.32 Å². The van der Waals surface area contributed by atoms with Crippen LogP contribution in [0.2, 0.25) is 0 Å². The number of anilines is 1. The highest BCUT2D eigenvalue weighted by Gasteiger charge is 2.21. The minimum atomic E-state index is -1.23. The third kappa shape index (κ3) is 2.58. The van der Waals surface area contributed by atoms with Crippen LogP contribution in [0.15, 0.2) is 30.6 Å². The number of carboxylic acids is 1. The molecule has 1 aromatic heterocycles. The van der Waals surface area contributed by atoms with E-state index in [1.807, 2.05) is 0 Å². The molecule has 8 nitrogen and oxygen atoms in total. The first kappa shape index (κ1) is 13.5. The van der Waals surface area contributed by atoms with Crippen LogP contribution in [0.4, 0.5) is 11.4 Å². The molecule has 0 aliphatic heterocycles. The summed E-state index contributed by atoms with van der Waals surface area (Å²) in [4.78, 5) is 25.6. The minimum Gasteiger partial charge on any atom is -0.478 e. The Hall–Kier alpha value is -2.90. The number of aromatic carboxylic acids is 1. The number of hydrogen-bond acceptors (Lipinski definition) is 5. The second-order valence-electron chi connectivity index (χ2n) is 4.07. The topological polar surface area (TPSA) is 110 Å². The van der Waals surface area contributed by atoms with Gasteiger partial charge in [0.1, 0.15) is 11.5 Å². The number of carbonyl (C=O) groups is 1. The Labute approximate surface area is 113 Å². The van der Waals surface area contributed by atoms with Gasteiger partial charge in [0, 0.05) is 25.5 Å². The van der Waals surface area contributed by atoms with Gasteiger partial charge in [-0.15, -0.1) is 0 Å². The molecular formula is C12H12N4O4. The van der Waals surface area contributed by atoms with Gasteiger partial charge in [-0.25, -0.2) is 9.78 Å². The van der Waals surface area contributed by atoms with Gasteiger partial charge in [-0.1, -0.05) is 6.07 Å². The molecule has 20 heavy (non-hydrogen) atoms. The average Bonchev–Trinajstić information content (AvgIpc) is 2.81. The third-order valence-corrected chi connectivity index (χ3v) is 2.81. The fraction of sp³-hybridized carbons (Fsp3) is 0.167. The summed E-state index contributed by atoms with van der Waals surface area (Å²) in [5, 5.41) is 22.9. The molecule has 2 rings (SSSR count). The van der Waals surface area contributed by atoms with Crippen molar-refractivity contribution in [3.8, 4) is 0 Å². The number of hydrogen-bond donors (Lipinski definition) is 2. The highest BCUT2D eigenvalue weighted by Crippen LogP contribution is 2.28. The van der Waals surface area contributed by atoms with Gasteiger partial charge in [0.05, 0.1) is 17.0 Å². The van der Waals surface area contributed by atoms with E-state index in [-0.39, 0.29) is 23.5 Å². The number of benzene rings is 1. The van der Waals surface area contributed by atoms with Gasteiger partial charge in [0.25, 0.3) is 5.69 Å². The molecule has 0 saturated carbocycles. The van der Waals surface area contributed by atoms with Crippen molar-refractivity contribution in [1.29, 1.82) is 0 Å². The largest absolute Gasteiger partial charge is 0.478 e. The quantitative estimate of drug-likeness (QED) is 0.634. The van der Waals surface area contributed by atoms with Crippen LogP contribution in [-0.4, -0.2) is 25.6 Å². The summed E-state index contributed by atoms with van der Waals surface area (Å²) < 4.78 is 1.74. The van der Waals surface area contributed by atoms with Crippen molar-refractivity contribution in [3.63, 3.8) is 0 Å². The number of rotatable bonds is 5. The van der Waals surface area contributed by atoms with Gasteiger partial charge in [-0.3, -0.25) is 10.1 Å². The van der Waals surface area contributed by atoms with Crippen LogP contribution in [0, 0.1) is 10.1 Å². The van der Waals surface area contributed by atoms with Crippen LogP contribution >= 0.6 is 0 Å². The molecule has 1 heterocycles. The number of para-hydroxylation sites is 1. The zero-order chi connectivity index (χ0) is 14.7. The molecule has 2 aromatic rings. The van der Waals surface area contributed by atoms with Crippen LogP contribution in [0.1, 0.15) is 16.2 Å². The smallest absolute Gasteiger partial charge is 0.338 e. The van der Waals surface area contributed by atoms with Crippen LogP contribution in [-0.2, 0) is 13.6 Å². The molecule has 2 N–H and O–H groups in total. The zero-order valence-electron chi connectivity index (χ0n) is 10.6. The van der Waals surface area contributed by atoms with E-state index in [4.69, 9.17) is 5.11 Å². The van der Waals surface area contributed by atoms with E-state index < -0.39 is 10.9 Å². The summed E-state index contributed by atoms with van der Waals surface area (Å²) in [6.07, 6.45) is 3.32. The molecule has 0 fully saturated rings. The Kier molecular flexibility index (Phi) is 3.65. The van der Waals surface area contributed by atoms with E-state index in [9.17, 15) is 14.9 Å². The minimum absolute atomic E-state index is 0.0204. The number of nitro benzene ring substituents is 1. The van der Waals surface area contributed by atoms with Crippen molar-refractivity contribution >= 4 is 17.3 Å². The number of nitro groups is 1. The summed E-state index contributed by atoms with van der Waals surface area (Å²) in [5.41, 5.74) is -0.444. The molecule has 0 aliphatic carbocycles. The Bertz CT molecular complexity index is 633. The van der Waals surface area contributed by atoms with Crippen LogP contribution in [0.3, 0.4) is 0 Å². The van der Waals surface area contributed by atoms with Gasteiger partial charge in [0.15, 0.2) is 0 Å². The van der Waals surface area contributed by atoms with Gasteiger partial charge < -0.3 is 15.0 Å². The molecular weight excluding hydrogens is 264 g/mol. The van der Waals surface area contributed by atoms with Gasteiger partial charge in [-0.05, 0) is 6.07 Å². The fourth-order valence-electron chi connectivity index (χ4n) is 1.79. The van der Waals surface area contributed by atoms with Crippen molar-refractivity contribution < 1.29 is 14.8 Å². The molecule has 0 saturated heterocycles. The number of nitrogens with zero attached hydrogens (tertiary/aromatic N) is 3. The molecule has 0 atom stereocenters. The summed E-state index contributed by atoms with van der Waals surface area (Å²) in [6.45, 7) is 0.189. The maximum absolute atomic E-state index is 11.1. The Morgan fingerprint density at radius 3 is 2.85 bits per heavy atom. The first-order valence-corrected chi connectivity index (χ1v) is 5.71. The van der Waals surface area contributed by atoms with E-state index in [0.29, 0.717) is 5.82 Å². The highest BCUT2D eigenvalue weighted by atomic mass is 16.6. The normalized spacial score (nSPS) is 10.2. The number of imidazole rings is 1. The first-order valence-electron chi connectivity index (χ1n) is 5.71. The Morgan fingerprint density at radius 2 is 2.30 bits per heavy atom. The van der Waals surface area contributed by atoms with Crippen LogP contribution in [0.25, 0.3) is 0 Å². The maximum Gasteiger partial charge on any atom is 0.338 e. The van der Waals surface area contributed by atoms with Crippen molar-refractivity contribution in [1.82, 2.24) is 9.55 Å².